The fourth-order valence-corrected chi connectivity index (χ4v) is 3.21. The van der Waals surface area contributed by atoms with Crippen LogP contribution in [0.4, 0.5) is 18.9 Å². The smallest absolute Gasteiger partial charge is 0.276 e. The molecule has 0 radical (unpaired) electrons. The average molecular weight is 357 g/mol. The number of benzene rings is 2. The number of nitrogens with zero attached hydrogens (tertiary/aromatic N) is 2. The van der Waals surface area contributed by atoms with Crippen LogP contribution in [-0.2, 0) is 12.8 Å². The number of hydrogen-bond donors (Lipinski definition) is 1. The van der Waals surface area contributed by atoms with Crippen molar-refractivity contribution in [2.75, 3.05) is 5.32 Å². The fourth-order valence-electron chi connectivity index (χ4n) is 3.21. The van der Waals surface area contributed by atoms with Crippen LogP contribution < -0.4 is 5.32 Å². The van der Waals surface area contributed by atoms with Crippen LogP contribution in [0.3, 0.4) is 0 Å². The molecule has 0 aliphatic heterocycles. The van der Waals surface area contributed by atoms with E-state index < -0.39 is 23.4 Å². The summed E-state index contributed by atoms with van der Waals surface area (Å²) < 4.78 is 42.0. The topological polar surface area (TPSA) is 46.9 Å². The van der Waals surface area contributed by atoms with Crippen LogP contribution in [0.15, 0.2) is 42.5 Å². The van der Waals surface area contributed by atoms with Crippen LogP contribution in [0.1, 0.15) is 28.2 Å². The number of carbonyl (C=O) groups excluding carboxylic acids is 1. The number of carbonyl (C=O) groups is 1. The van der Waals surface area contributed by atoms with Crippen molar-refractivity contribution in [1.29, 1.82) is 0 Å². The molecule has 2 aromatic carbocycles. The molecule has 0 saturated carbocycles. The number of hydrogen-bond acceptors (Lipinski definition) is 2. The van der Waals surface area contributed by atoms with Gasteiger partial charge >= 0.3 is 0 Å². The lowest BCUT2D eigenvalue weighted by Crippen LogP contribution is -2.15. The Morgan fingerprint density at radius 3 is 2.58 bits per heavy atom. The van der Waals surface area contributed by atoms with Crippen molar-refractivity contribution in [3.8, 4) is 5.69 Å². The number of amides is 1. The number of nitrogens with one attached hydrogen (secondary N) is 1. The lowest BCUT2D eigenvalue weighted by Gasteiger charge is -2.06. The Balaban J connectivity index is 1.71. The maximum atomic E-state index is 14.1. The maximum absolute atomic E-state index is 14.1. The predicted octanol–water partition coefficient (Wildman–Crippen LogP) is 4.03. The number of anilines is 1. The number of para-hydroxylation sites is 1. The second-order valence-corrected chi connectivity index (χ2v) is 6.07. The molecule has 1 amide bonds. The van der Waals surface area contributed by atoms with Crippen molar-refractivity contribution >= 4 is 11.6 Å². The van der Waals surface area contributed by atoms with Crippen LogP contribution in [0.2, 0.25) is 0 Å². The molecule has 0 unspecified atom stereocenters. The van der Waals surface area contributed by atoms with E-state index in [0.717, 1.165) is 29.8 Å². The molecule has 1 aliphatic carbocycles. The Hall–Kier alpha value is -3.09. The van der Waals surface area contributed by atoms with E-state index in [-0.39, 0.29) is 17.1 Å². The van der Waals surface area contributed by atoms with Gasteiger partial charge in [0.15, 0.2) is 17.3 Å². The van der Waals surface area contributed by atoms with Gasteiger partial charge in [0.25, 0.3) is 5.91 Å². The second-order valence-electron chi connectivity index (χ2n) is 6.07. The van der Waals surface area contributed by atoms with E-state index in [1.165, 1.54) is 16.8 Å². The molecule has 4 nitrogen and oxygen atoms in total. The van der Waals surface area contributed by atoms with Gasteiger partial charge in [-0.05, 0) is 43.5 Å². The Kier molecular flexibility index (Phi) is 3.99. The minimum Gasteiger partial charge on any atom is -0.320 e. The first-order valence-corrected chi connectivity index (χ1v) is 8.16. The van der Waals surface area contributed by atoms with Gasteiger partial charge < -0.3 is 5.32 Å². The summed E-state index contributed by atoms with van der Waals surface area (Å²) in [7, 11) is 0. The minimum absolute atomic E-state index is 0.126. The molecular weight excluding hydrogens is 343 g/mol. The van der Waals surface area contributed by atoms with Crippen LogP contribution >= 0.6 is 0 Å². The van der Waals surface area contributed by atoms with Crippen LogP contribution in [0.25, 0.3) is 5.69 Å². The van der Waals surface area contributed by atoms with Gasteiger partial charge in [0.05, 0.1) is 0 Å². The highest BCUT2D eigenvalue weighted by Crippen LogP contribution is 2.29. The van der Waals surface area contributed by atoms with Gasteiger partial charge in [0, 0.05) is 23.0 Å². The quantitative estimate of drug-likeness (QED) is 0.769. The van der Waals surface area contributed by atoms with Crippen molar-refractivity contribution in [3.05, 3.63) is 76.9 Å². The molecule has 3 aromatic rings. The first kappa shape index (κ1) is 16.4. The van der Waals surface area contributed by atoms with Gasteiger partial charge in [-0.1, -0.05) is 12.1 Å². The Labute approximate surface area is 147 Å². The van der Waals surface area contributed by atoms with E-state index in [4.69, 9.17) is 0 Å². The van der Waals surface area contributed by atoms with Crippen molar-refractivity contribution < 1.29 is 18.0 Å². The summed E-state index contributed by atoms with van der Waals surface area (Å²) >= 11 is 0. The molecule has 0 atom stereocenters. The third-order valence-electron chi connectivity index (χ3n) is 4.40. The van der Waals surface area contributed by atoms with Gasteiger partial charge in [0.2, 0.25) is 0 Å². The SMILES string of the molecule is O=C(Nc1ccc(F)c(F)c1)c1nn(-c2ccccc2F)c2c1CCC2. The third-order valence-corrected chi connectivity index (χ3v) is 4.40. The largest absolute Gasteiger partial charge is 0.320 e. The van der Waals surface area contributed by atoms with Crippen LogP contribution in [0.5, 0.6) is 0 Å². The van der Waals surface area contributed by atoms with Crippen LogP contribution in [0, 0.1) is 17.5 Å². The molecule has 1 heterocycles. The maximum Gasteiger partial charge on any atom is 0.276 e. The molecule has 0 saturated heterocycles. The predicted molar refractivity (Wildman–Crippen MR) is 89.9 cm³/mol. The van der Waals surface area contributed by atoms with E-state index in [9.17, 15) is 18.0 Å². The molecule has 0 bridgehead atoms. The highest BCUT2D eigenvalue weighted by atomic mass is 19.2. The molecular formula is C19H14F3N3O. The highest BCUT2D eigenvalue weighted by Gasteiger charge is 2.27. The Morgan fingerprint density at radius 2 is 1.81 bits per heavy atom. The summed E-state index contributed by atoms with van der Waals surface area (Å²) in [6.45, 7) is 0. The standard InChI is InChI=1S/C19H14F3N3O/c20-13-9-8-11(10-15(13)22)23-19(26)18-12-4-3-7-16(12)25(24-18)17-6-2-1-5-14(17)21/h1-2,5-6,8-10H,3-4,7H2,(H,23,26). The molecule has 0 fully saturated rings. The van der Waals surface area contributed by atoms with Gasteiger partial charge in [-0.3, -0.25) is 4.79 Å². The summed E-state index contributed by atoms with van der Waals surface area (Å²) in [5.74, 6) is -3.01. The zero-order valence-corrected chi connectivity index (χ0v) is 13.6. The van der Waals surface area contributed by atoms with Crippen molar-refractivity contribution in [1.82, 2.24) is 9.78 Å². The molecule has 1 N–H and O–H groups in total. The zero-order valence-electron chi connectivity index (χ0n) is 13.6. The number of halogens is 3. The van der Waals surface area contributed by atoms with Crippen molar-refractivity contribution in [2.45, 2.75) is 19.3 Å². The molecule has 0 spiro atoms. The summed E-state index contributed by atoms with van der Waals surface area (Å²) in [5.41, 5.74) is 2.13. The second kappa shape index (κ2) is 6.33. The summed E-state index contributed by atoms with van der Waals surface area (Å²) in [6.07, 6.45) is 2.19. The van der Waals surface area contributed by atoms with Gasteiger partial charge in [-0.25, -0.2) is 17.9 Å². The van der Waals surface area contributed by atoms with Crippen molar-refractivity contribution in [3.63, 3.8) is 0 Å². The van der Waals surface area contributed by atoms with E-state index in [1.807, 2.05) is 0 Å². The molecule has 26 heavy (non-hydrogen) atoms. The molecule has 7 heteroatoms. The monoisotopic (exact) mass is 357 g/mol. The number of rotatable bonds is 3. The van der Waals surface area contributed by atoms with Gasteiger partial charge in [-0.15, -0.1) is 0 Å². The van der Waals surface area contributed by atoms with E-state index in [2.05, 4.69) is 10.4 Å². The number of fused-ring (bicyclic) bond motifs is 1. The average Bonchev–Trinajstić information content (AvgIpc) is 3.21. The number of aromatic nitrogens is 2. The summed E-state index contributed by atoms with van der Waals surface area (Å²) in [6, 6.07) is 9.32. The molecule has 4 rings (SSSR count). The van der Waals surface area contributed by atoms with Crippen LogP contribution in [-0.4, -0.2) is 15.7 Å². The molecule has 1 aliphatic rings. The third kappa shape index (κ3) is 2.75. The normalized spacial score (nSPS) is 12.9. The van der Waals surface area contributed by atoms with Gasteiger partial charge in [-0.2, -0.15) is 5.10 Å². The highest BCUT2D eigenvalue weighted by molar-refractivity contribution is 6.04. The van der Waals surface area contributed by atoms with E-state index in [0.29, 0.717) is 12.8 Å². The summed E-state index contributed by atoms with van der Waals surface area (Å²) in [4.78, 5) is 12.6. The lowest BCUT2D eigenvalue weighted by atomic mass is 10.2. The summed E-state index contributed by atoms with van der Waals surface area (Å²) in [5, 5.41) is 6.82. The van der Waals surface area contributed by atoms with E-state index >= 15 is 0 Å². The minimum atomic E-state index is -1.05. The van der Waals surface area contributed by atoms with E-state index in [1.54, 1.807) is 18.2 Å². The Bertz CT molecular complexity index is 1010. The lowest BCUT2D eigenvalue weighted by molar-refractivity contribution is 0.102. The fraction of sp³-hybridized carbons (Fsp3) is 0.158. The Morgan fingerprint density at radius 1 is 1.00 bits per heavy atom. The molecule has 1 aromatic heterocycles. The first-order valence-electron chi connectivity index (χ1n) is 8.16. The van der Waals surface area contributed by atoms with Crippen molar-refractivity contribution in [2.24, 2.45) is 0 Å². The first-order chi connectivity index (χ1) is 12.5. The molecule has 132 valence electrons. The van der Waals surface area contributed by atoms with Gasteiger partial charge in [0.1, 0.15) is 11.5 Å². The zero-order chi connectivity index (χ0) is 18.3.